The molecule has 276 valence electrons. The van der Waals surface area contributed by atoms with Crippen molar-refractivity contribution >= 4 is 82.4 Å². The van der Waals surface area contributed by atoms with Crippen LogP contribution in [0.5, 0.6) is 0 Å². The molecule has 3 nitrogen and oxygen atoms in total. The molecule has 2 aromatic heterocycles. The summed E-state index contributed by atoms with van der Waals surface area (Å²) in [6.45, 7) is 0. The lowest BCUT2D eigenvalue weighted by atomic mass is 9.92. The summed E-state index contributed by atoms with van der Waals surface area (Å²) in [5, 5.41) is 9.68. The predicted molar refractivity (Wildman–Crippen MR) is 244 cm³/mol. The van der Waals surface area contributed by atoms with Crippen LogP contribution in [0, 0.1) is 0 Å². The van der Waals surface area contributed by atoms with Gasteiger partial charge in [0.05, 0.1) is 16.7 Å². The molecule has 0 N–H and O–H groups in total. The van der Waals surface area contributed by atoms with E-state index in [0.29, 0.717) is 5.92 Å². The van der Waals surface area contributed by atoms with E-state index in [1.807, 2.05) is 0 Å². The number of aromatic nitrogens is 1. The molecule has 58 heavy (non-hydrogen) atoms. The largest absolute Gasteiger partial charge is 0.455 e. The maximum Gasteiger partial charge on any atom is 0.143 e. The molecular weight excluding hydrogens is 705 g/mol. The first-order valence-corrected chi connectivity index (χ1v) is 20.6. The van der Waals surface area contributed by atoms with E-state index >= 15 is 0 Å². The zero-order valence-corrected chi connectivity index (χ0v) is 32.1. The minimum absolute atomic E-state index is 0.552. The van der Waals surface area contributed by atoms with Crippen LogP contribution in [0.25, 0.3) is 82.1 Å². The summed E-state index contributed by atoms with van der Waals surface area (Å²) in [4.78, 5) is 2.48. The Balaban J connectivity index is 1.18. The summed E-state index contributed by atoms with van der Waals surface area (Å²) in [7, 11) is 0. The second-order valence-corrected chi connectivity index (χ2v) is 15.9. The van der Waals surface area contributed by atoms with Crippen molar-refractivity contribution in [1.82, 2.24) is 4.57 Å². The van der Waals surface area contributed by atoms with Crippen molar-refractivity contribution in [2.75, 3.05) is 4.90 Å². The van der Waals surface area contributed by atoms with E-state index in [9.17, 15) is 0 Å². The summed E-state index contributed by atoms with van der Waals surface area (Å²) >= 11 is 0. The van der Waals surface area contributed by atoms with Crippen LogP contribution in [-0.2, 0) is 0 Å². The first-order valence-electron chi connectivity index (χ1n) is 20.6. The Morgan fingerprint density at radius 3 is 2.02 bits per heavy atom. The molecule has 0 atom stereocenters. The topological polar surface area (TPSA) is 21.3 Å². The fraction of sp³-hybridized carbons (Fsp3) is 0.0909. The fourth-order valence-electron chi connectivity index (χ4n) is 10.1. The Labute approximate surface area is 337 Å². The molecule has 1 aliphatic carbocycles. The van der Waals surface area contributed by atoms with E-state index in [-0.39, 0.29) is 0 Å². The van der Waals surface area contributed by atoms with Crippen molar-refractivity contribution in [3.63, 3.8) is 0 Å². The third-order valence-corrected chi connectivity index (χ3v) is 12.7. The van der Waals surface area contributed by atoms with Crippen molar-refractivity contribution in [2.45, 2.75) is 31.6 Å². The number of hydrogen-bond acceptors (Lipinski definition) is 2. The minimum Gasteiger partial charge on any atom is -0.455 e. The van der Waals surface area contributed by atoms with Gasteiger partial charge in [-0.1, -0.05) is 152 Å². The molecule has 0 amide bonds. The maximum absolute atomic E-state index is 6.86. The molecule has 1 saturated carbocycles. The second-order valence-electron chi connectivity index (χ2n) is 15.9. The molecule has 0 saturated heterocycles. The van der Waals surface area contributed by atoms with Crippen LogP contribution in [0.15, 0.2) is 192 Å². The molecule has 11 aromatic rings. The van der Waals surface area contributed by atoms with E-state index in [4.69, 9.17) is 4.42 Å². The summed E-state index contributed by atoms with van der Waals surface area (Å²) in [6, 6.07) is 68.8. The lowest BCUT2D eigenvalue weighted by molar-refractivity contribution is 0.670. The number of nitrogens with zero attached hydrogens (tertiary/aromatic N) is 2. The van der Waals surface area contributed by atoms with Gasteiger partial charge in [-0.2, -0.15) is 0 Å². The summed E-state index contributed by atoms with van der Waals surface area (Å²) in [5.41, 5.74) is 12.6. The number of rotatable bonds is 6. The highest BCUT2D eigenvalue weighted by atomic mass is 16.3. The molecule has 0 aliphatic heterocycles. The summed E-state index contributed by atoms with van der Waals surface area (Å²) in [6.07, 6.45) is 5.04. The third-order valence-electron chi connectivity index (χ3n) is 12.7. The van der Waals surface area contributed by atoms with Crippen LogP contribution in [0.3, 0.4) is 0 Å². The fourth-order valence-corrected chi connectivity index (χ4v) is 10.1. The Morgan fingerprint density at radius 2 is 1.17 bits per heavy atom. The van der Waals surface area contributed by atoms with Crippen molar-refractivity contribution in [3.05, 3.63) is 194 Å². The zero-order valence-electron chi connectivity index (χ0n) is 32.1. The van der Waals surface area contributed by atoms with Crippen molar-refractivity contribution in [2.24, 2.45) is 0 Å². The van der Waals surface area contributed by atoms with Gasteiger partial charge in [0.1, 0.15) is 11.2 Å². The first-order chi connectivity index (χ1) is 28.8. The van der Waals surface area contributed by atoms with Crippen LogP contribution in [-0.4, -0.2) is 4.57 Å². The zero-order chi connectivity index (χ0) is 38.2. The first kappa shape index (κ1) is 33.1. The SMILES string of the molecule is c1ccc(-c2cccc(N(c3ccc4c5ccc6ccccc6c5n(-c5ccccc5)c4c3)c3cc4c(oc5cccc(C6CCCC6)c54)c4ccccc34)c2)cc1. The quantitative estimate of drug-likeness (QED) is 0.169. The third kappa shape index (κ3) is 5.13. The lowest BCUT2D eigenvalue weighted by Crippen LogP contribution is -2.11. The van der Waals surface area contributed by atoms with Crippen LogP contribution < -0.4 is 4.90 Å². The van der Waals surface area contributed by atoms with E-state index in [0.717, 1.165) is 44.7 Å². The van der Waals surface area contributed by atoms with Gasteiger partial charge in [-0.15, -0.1) is 0 Å². The molecule has 0 bridgehead atoms. The van der Waals surface area contributed by atoms with E-state index in [1.54, 1.807) is 0 Å². The molecule has 0 spiro atoms. The van der Waals surface area contributed by atoms with Gasteiger partial charge in [-0.05, 0) is 89.4 Å². The van der Waals surface area contributed by atoms with E-state index < -0.39 is 0 Å². The summed E-state index contributed by atoms with van der Waals surface area (Å²) in [5.74, 6) is 0.552. The molecule has 0 radical (unpaired) electrons. The Kier molecular flexibility index (Phi) is 7.56. The van der Waals surface area contributed by atoms with Gasteiger partial charge in [0.25, 0.3) is 0 Å². The molecule has 9 aromatic carbocycles. The van der Waals surface area contributed by atoms with Crippen LogP contribution >= 0.6 is 0 Å². The predicted octanol–water partition coefficient (Wildman–Crippen LogP) is 15.8. The monoisotopic (exact) mass is 744 g/mol. The molecule has 1 aliphatic rings. The smallest absolute Gasteiger partial charge is 0.143 e. The van der Waals surface area contributed by atoms with Crippen molar-refractivity contribution in [1.29, 1.82) is 0 Å². The molecule has 2 heterocycles. The minimum atomic E-state index is 0.552. The molecule has 12 rings (SSSR count). The van der Waals surface area contributed by atoms with E-state index in [2.05, 4.69) is 198 Å². The van der Waals surface area contributed by atoms with Gasteiger partial charge < -0.3 is 13.9 Å². The average molecular weight is 745 g/mol. The molecule has 3 heteroatoms. The highest BCUT2D eigenvalue weighted by molar-refractivity contribution is 6.22. The van der Waals surface area contributed by atoms with Crippen molar-refractivity contribution in [3.8, 4) is 16.8 Å². The number of anilines is 3. The van der Waals surface area contributed by atoms with Crippen LogP contribution in [0.4, 0.5) is 17.1 Å². The molecule has 1 fully saturated rings. The number of fused-ring (bicyclic) bond motifs is 10. The van der Waals surface area contributed by atoms with Gasteiger partial charge in [0.15, 0.2) is 0 Å². The Morgan fingerprint density at radius 1 is 0.483 bits per heavy atom. The van der Waals surface area contributed by atoms with Gasteiger partial charge in [0, 0.05) is 54.8 Å². The number of furan rings is 1. The number of benzene rings is 9. The van der Waals surface area contributed by atoms with Gasteiger partial charge in [-0.25, -0.2) is 0 Å². The number of para-hydroxylation sites is 1. The standard InChI is InChI=1S/C55H40N2O/c1-3-15-36(16-4-1)39-20-13-23-41(33-39)56(51-35-49-53-43(37-17-7-8-18-37)27-14-28-52(53)58-55(49)48-26-12-11-25-45(48)51)42-30-32-46-47-31-29-38-19-9-10-24-44(38)54(47)57(50(46)34-42)40-21-5-2-6-22-40/h1-6,9-16,19-35,37H,7-8,17-18H2. The normalized spacial score (nSPS) is 13.5. The highest BCUT2D eigenvalue weighted by Crippen LogP contribution is 2.49. The number of hydrogen-bond donors (Lipinski definition) is 0. The molecule has 0 unspecified atom stereocenters. The van der Waals surface area contributed by atoms with Gasteiger partial charge in [-0.3, -0.25) is 0 Å². The lowest BCUT2D eigenvalue weighted by Gasteiger charge is -2.28. The average Bonchev–Trinajstić information content (AvgIpc) is 4.04. The van der Waals surface area contributed by atoms with E-state index in [1.165, 1.54) is 85.7 Å². The van der Waals surface area contributed by atoms with Crippen LogP contribution in [0.1, 0.15) is 37.2 Å². The van der Waals surface area contributed by atoms with Gasteiger partial charge >= 0.3 is 0 Å². The van der Waals surface area contributed by atoms with Gasteiger partial charge in [0.2, 0.25) is 0 Å². The maximum atomic E-state index is 6.86. The van der Waals surface area contributed by atoms with Crippen molar-refractivity contribution < 1.29 is 4.42 Å². The second kappa shape index (κ2) is 13.2. The summed E-state index contributed by atoms with van der Waals surface area (Å²) < 4.78 is 9.32. The van der Waals surface area contributed by atoms with Crippen LogP contribution in [0.2, 0.25) is 0 Å². The highest BCUT2D eigenvalue weighted by Gasteiger charge is 2.26. The molecular formula is C55H40N2O. The Bertz CT molecular complexity index is 3350. The Hall–Kier alpha value is -7.10.